The molecule has 0 bridgehead atoms. The standard InChI is InChI=1S/C13H19N7S.HI/c14-12(15-3-6-20-5-1-2-17-20)18-7-9-19(10-8-18)13-16-4-11-21-13;/h1-2,4-5,11H,3,6-10H2,(H2,14,15);1H. The molecule has 7 nitrogen and oxygen atoms in total. The van der Waals surface area contributed by atoms with Gasteiger partial charge in [-0.05, 0) is 6.07 Å². The molecule has 1 aliphatic rings. The first kappa shape index (κ1) is 17.0. The Morgan fingerprint density at radius 3 is 2.73 bits per heavy atom. The molecule has 0 atom stereocenters. The Morgan fingerprint density at radius 2 is 2.09 bits per heavy atom. The summed E-state index contributed by atoms with van der Waals surface area (Å²) >= 11 is 1.68. The highest BCUT2D eigenvalue weighted by Crippen LogP contribution is 2.18. The van der Waals surface area contributed by atoms with Gasteiger partial charge in [-0.1, -0.05) is 0 Å². The molecule has 0 aromatic carbocycles. The molecule has 1 aliphatic heterocycles. The second-order valence-corrected chi connectivity index (χ2v) is 5.67. The number of nitrogens with two attached hydrogens (primary N) is 1. The van der Waals surface area contributed by atoms with Crippen LogP contribution >= 0.6 is 35.3 Å². The lowest BCUT2D eigenvalue weighted by Crippen LogP contribution is -2.51. The maximum Gasteiger partial charge on any atom is 0.191 e. The summed E-state index contributed by atoms with van der Waals surface area (Å²) in [5.41, 5.74) is 6.07. The van der Waals surface area contributed by atoms with Crippen LogP contribution in [0.1, 0.15) is 0 Å². The highest BCUT2D eigenvalue weighted by Gasteiger charge is 2.19. The number of nitrogens with zero attached hydrogens (tertiary/aromatic N) is 6. The summed E-state index contributed by atoms with van der Waals surface area (Å²) in [6.45, 7) is 5.05. The van der Waals surface area contributed by atoms with Gasteiger partial charge in [-0.25, -0.2) is 4.98 Å². The van der Waals surface area contributed by atoms with E-state index < -0.39 is 0 Å². The molecule has 2 aromatic rings. The fourth-order valence-corrected chi connectivity index (χ4v) is 3.00. The SMILES string of the molecule is I.NC(=NCCn1cccn1)N1CCN(c2nccs2)CC1. The van der Waals surface area contributed by atoms with E-state index in [4.69, 9.17) is 5.73 Å². The number of rotatable bonds is 4. The van der Waals surface area contributed by atoms with Crippen molar-refractivity contribution in [2.75, 3.05) is 37.6 Å². The molecule has 120 valence electrons. The van der Waals surface area contributed by atoms with Crippen LogP contribution in [0.25, 0.3) is 0 Å². The highest BCUT2D eigenvalue weighted by molar-refractivity contribution is 14.0. The van der Waals surface area contributed by atoms with Gasteiger partial charge in [0, 0.05) is 50.1 Å². The van der Waals surface area contributed by atoms with Crippen molar-refractivity contribution in [1.82, 2.24) is 19.7 Å². The predicted octanol–water partition coefficient (Wildman–Crippen LogP) is 1.09. The molecule has 0 amide bonds. The van der Waals surface area contributed by atoms with Gasteiger partial charge in [-0.2, -0.15) is 5.10 Å². The lowest BCUT2D eigenvalue weighted by molar-refractivity contribution is 0.380. The number of hydrogen-bond acceptors (Lipinski definition) is 5. The van der Waals surface area contributed by atoms with E-state index in [9.17, 15) is 0 Å². The smallest absolute Gasteiger partial charge is 0.191 e. The summed E-state index contributed by atoms with van der Waals surface area (Å²) in [7, 11) is 0. The first-order chi connectivity index (χ1) is 10.3. The van der Waals surface area contributed by atoms with E-state index >= 15 is 0 Å². The average Bonchev–Trinajstić information content (AvgIpc) is 3.21. The third-order valence-corrected chi connectivity index (χ3v) is 4.29. The molecule has 3 rings (SSSR count). The Morgan fingerprint density at radius 1 is 1.27 bits per heavy atom. The minimum absolute atomic E-state index is 0. The maximum atomic E-state index is 6.07. The van der Waals surface area contributed by atoms with Crippen molar-refractivity contribution in [3.05, 3.63) is 30.0 Å². The Labute approximate surface area is 150 Å². The molecule has 22 heavy (non-hydrogen) atoms. The van der Waals surface area contributed by atoms with E-state index in [-0.39, 0.29) is 24.0 Å². The summed E-state index contributed by atoms with van der Waals surface area (Å²) in [6, 6.07) is 1.91. The number of halogens is 1. The van der Waals surface area contributed by atoms with E-state index in [0.717, 1.165) is 37.9 Å². The van der Waals surface area contributed by atoms with Crippen molar-refractivity contribution >= 4 is 46.4 Å². The van der Waals surface area contributed by atoms with E-state index in [1.807, 2.05) is 28.5 Å². The van der Waals surface area contributed by atoms with Crippen LogP contribution in [0.2, 0.25) is 0 Å². The van der Waals surface area contributed by atoms with Gasteiger partial charge in [0.15, 0.2) is 11.1 Å². The summed E-state index contributed by atoms with van der Waals surface area (Å²) in [6.07, 6.45) is 5.54. The maximum absolute atomic E-state index is 6.07. The lowest BCUT2D eigenvalue weighted by atomic mass is 10.3. The van der Waals surface area contributed by atoms with Crippen LogP contribution in [-0.2, 0) is 6.54 Å². The van der Waals surface area contributed by atoms with Crippen LogP contribution in [0.5, 0.6) is 0 Å². The largest absolute Gasteiger partial charge is 0.370 e. The average molecular weight is 433 g/mol. The molecule has 2 N–H and O–H groups in total. The van der Waals surface area contributed by atoms with Gasteiger partial charge in [0.1, 0.15) is 0 Å². The molecule has 1 saturated heterocycles. The molecule has 0 radical (unpaired) electrons. The summed E-state index contributed by atoms with van der Waals surface area (Å²) in [5.74, 6) is 0.626. The number of aliphatic imine (C=N–C) groups is 1. The van der Waals surface area contributed by atoms with Crippen molar-refractivity contribution in [3.8, 4) is 0 Å². The zero-order chi connectivity index (χ0) is 14.5. The quantitative estimate of drug-likeness (QED) is 0.444. The molecule has 0 spiro atoms. The zero-order valence-corrected chi connectivity index (χ0v) is 15.4. The van der Waals surface area contributed by atoms with E-state index in [0.29, 0.717) is 12.5 Å². The van der Waals surface area contributed by atoms with Crippen molar-refractivity contribution in [1.29, 1.82) is 0 Å². The summed E-state index contributed by atoms with van der Waals surface area (Å²) in [4.78, 5) is 13.2. The van der Waals surface area contributed by atoms with Gasteiger partial charge in [0.05, 0.1) is 13.1 Å². The van der Waals surface area contributed by atoms with Crippen LogP contribution < -0.4 is 10.6 Å². The van der Waals surface area contributed by atoms with Gasteiger partial charge in [0.25, 0.3) is 0 Å². The number of thiazole rings is 1. The van der Waals surface area contributed by atoms with E-state index in [2.05, 4.69) is 24.9 Å². The topological polar surface area (TPSA) is 75.6 Å². The first-order valence-corrected chi connectivity index (χ1v) is 7.87. The second kappa shape index (κ2) is 8.32. The predicted molar refractivity (Wildman–Crippen MR) is 100 cm³/mol. The molecule has 0 saturated carbocycles. The minimum Gasteiger partial charge on any atom is -0.370 e. The van der Waals surface area contributed by atoms with Crippen molar-refractivity contribution in [3.63, 3.8) is 0 Å². The number of piperazine rings is 1. The fourth-order valence-electron chi connectivity index (χ4n) is 2.30. The summed E-state index contributed by atoms with van der Waals surface area (Å²) < 4.78 is 1.86. The van der Waals surface area contributed by atoms with Crippen LogP contribution in [0, 0.1) is 0 Å². The Hall–Kier alpha value is -1.36. The van der Waals surface area contributed by atoms with Gasteiger partial charge in [-0.15, -0.1) is 35.3 Å². The van der Waals surface area contributed by atoms with E-state index in [1.165, 1.54) is 0 Å². The lowest BCUT2D eigenvalue weighted by Gasteiger charge is -2.35. The third-order valence-electron chi connectivity index (χ3n) is 3.46. The van der Waals surface area contributed by atoms with Gasteiger partial charge < -0.3 is 15.5 Å². The normalized spacial score (nSPS) is 15.7. The van der Waals surface area contributed by atoms with Crippen molar-refractivity contribution in [2.45, 2.75) is 6.54 Å². The second-order valence-electron chi connectivity index (χ2n) is 4.80. The molecule has 9 heteroatoms. The molecule has 2 aromatic heterocycles. The Balaban J connectivity index is 0.00000176. The first-order valence-electron chi connectivity index (χ1n) is 6.99. The van der Waals surface area contributed by atoms with Crippen LogP contribution in [0.4, 0.5) is 5.13 Å². The van der Waals surface area contributed by atoms with Gasteiger partial charge in [0.2, 0.25) is 0 Å². The van der Waals surface area contributed by atoms with E-state index in [1.54, 1.807) is 17.5 Å². The van der Waals surface area contributed by atoms with Crippen molar-refractivity contribution < 1.29 is 0 Å². The number of anilines is 1. The molecule has 3 heterocycles. The highest BCUT2D eigenvalue weighted by atomic mass is 127. The summed E-state index contributed by atoms with van der Waals surface area (Å²) in [5, 5.41) is 7.24. The van der Waals surface area contributed by atoms with Crippen LogP contribution in [0.15, 0.2) is 35.0 Å². The minimum atomic E-state index is 0. The van der Waals surface area contributed by atoms with Crippen LogP contribution in [0.3, 0.4) is 0 Å². The van der Waals surface area contributed by atoms with Gasteiger partial charge >= 0.3 is 0 Å². The molecule has 0 aliphatic carbocycles. The number of aromatic nitrogens is 3. The third kappa shape index (κ3) is 4.32. The van der Waals surface area contributed by atoms with Gasteiger partial charge in [-0.3, -0.25) is 9.67 Å². The number of hydrogen-bond donors (Lipinski definition) is 1. The fraction of sp³-hybridized carbons (Fsp3) is 0.462. The Bertz CT molecular complexity index is 561. The van der Waals surface area contributed by atoms with Crippen molar-refractivity contribution in [2.24, 2.45) is 10.7 Å². The monoisotopic (exact) mass is 433 g/mol. The van der Waals surface area contributed by atoms with Crippen LogP contribution in [-0.4, -0.2) is 58.3 Å². The Kier molecular flexibility index (Phi) is 6.43. The molecule has 0 unspecified atom stereocenters. The molecular formula is C13H20IN7S. The zero-order valence-electron chi connectivity index (χ0n) is 12.2. The number of guanidine groups is 1. The molecule has 1 fully saturated rings. The molecular weight excluding hydrogens is 413 g/mol.